The fourth-order valence-electron chi connectivity index (χ4n) is 3.72. The van der Waals surface area contributed by atoms with Crippen LogP contribution in [0.4, 0.5) is 19.0 Å². The van der Waals surface area contributed by atoms with Crippen LogP contribution in [-0.2, 0) is 13.1 Å². The Labute approximate surface area is 196 Å². The van der Waals surface area contributed by atoms with E-state index in [4.69, 9.17) is 5.73 Å². The van der Waals surface area contributed by atoms with Gasteiger partial charge in [-0.3, -0.25) is 0 Å². The summed E-state index contributed by atoms with van der Waals surface area (Å²) in [5, 5.41) is 5.67. The molecule has 0 saturated heterocycles. The van der Waals surface area contributed by atoms with Crippen LogP contribution >= 0.6 is 0 Å². The number of fused-ring (bicyclic) bond motifs is 1. The van der Waals surface area contributed by atoms with Crippen LogP contribution in [0.2, 0.25) is 0 Å². The number of aromatic nitrogens is 1. The quantitative estimate of drug-likeness (QED) is 0.330. The molecule has 4 aromatic rings. The molecule has 5 rings (SSSR count). The molecule has 4 nitrogen and oxygen atoms in total. The number of ether oxygens (including phenoxy) is 1. The SMILES string of the molecule is FC(F)(F)Oc1ccc(CNc2ncc3ccccc3c2C2CC2)cc1.NCc1ccccc1. The van der Waals surface area contributed by atoms with Crippen LogP contribution in [0.1, 0.15) is 35.4 Å². The van der Waals surface area contributed by atoms with E-state index >= 15 is 0 Å². The topological polar surface area (TPSA) is 60.2 Å². The average molecular weight is 466 g/mol. The zero-order chi connectivity index (χ0) is 24.0. The zero-order valence-electron chi connectivity index (χ0n) is 18.6. The Hall–Kier alpha value is -3.58. The fraction of sp³-hybridized carbons (Fsp3) is 0.222. The molecule has 1 saturated carbocycles. The second kappa shape index (κ2) is 10.6. The van der Waals surface area contributed by atoms with Gasteiger partial charge < -0.3 is 15.8 Å². The molecule has 3 aromatic carbocycles. The van der Waals surface area contributed by atoms with Crippen LogP contribution in [0.3, 0.4) is 0 Å². The van der Waals surface area contributed by atoms with E-state index in [2.05, 4.69) is 27.2 Å². The maximum absolute atomic E-state index is 12.2. The summed E-state index contributed by atoms with van der Waals surface area (Å²) in [5.41, 5.74) is 8.63. The number of nitrogens with zero attached hydrogens (tertiary/aromatic N) is 1. The minimum absolute atomic E-state index is 0.219. The number of nitrogens with one attached hydrogen (secondary N) is 1. The molecule has 1 aromatic heterocycles. The van der Waals surface area contributed by atoms with E-state index in [0.29, 0.717) is 19.0 Å². The molecule has 3 N–H and O–H groups in total. The first-order chi connectivity index (χ1) is 16.4. The molecule has 0 unspecified atom stereocenters. The molecule has 0 amide bonds. The Morgan fingerprint density at radius 3 is 2.18 bits per heavy atom. The summed E-state index contributed by atoms with van der Waals surface area (Å²) in [7, 11) is 0. The minimum Gasteiger partial charge on any atom is -0.406 e. The van der Waals surface area contributed by atoms with Gasteiger partial charge in [0.2, 0.25) is 0 Å². The van der Waals surface area contributed by atoms with Crippen molar-refractivity contribution >= 4 is 16.6 Å². The van der Waals surface area contributed by atoms with E-state index in [1.807, 2.05) is 48.7 Å². The largest absolute Gasteiger partial charge is 0.573 e. The third-order valence-electron chi connectivity index (χ3n) is 5.52. The summed E-state index contributed by atoms with van der Waals surface area (Å²) in [6.07, 6.45) is -0.501. The van der Waals surface area contributed by atoms with Gasteiger partial charge in [0.25, 0.3) is 0 Å². The van der Waals surface area contributed by atoms with Gasteiger partial charge >= 0.3 is 6.36 Å². The van der Waals surface area contributed by atoms with E-state index in [0.717, 1.165) is 29.6 Å². The predicted molar refractivity (Wildman–Crippen MR) is 129 cm³/mol. The number of hydrogen-bond donors (Lipinski definition) is 2. The molecular weight excluding hydrogens is 439 g/mol. The number of rotatable bonds is 6. The van der Waals surface area contributed by atoms with Gasteiger partial charge in [0.15, 0.2) is 0 Å². The number of nitrogens with two attached hydrogens (primary N) is 1. The Kier molecular flexibility index (Phi) is 7.33. The lowest BCUT2D eigenvalue weighted by Crippen LogP contribution is -2.17. The Morgan fingerprint density at radius 1 is 0.882 bits per heavy atom. The van der Waals surface area contributed by atoms with E-state index in [1.165, 1.54) is 28.6 Å². The van der Waals surface area contributed by atoms with Crippen molar-refractivity contribution in [1.29, 1.82) is 0 Å². The molecule has 176 valence electrons. The van der Waals surface area contributed by atoms with Crippen LogP contribution in [0.25, 0.3) is 10.8 Å². The lowest BCUT2D eigenvalue weighted by atomic mass is 10.0. The van der Waals surface area contributed by atoms with Crippen LogP contribution in [0.15, 0.2) is 85.1 Å². The van der Waals surface area contributed by atoms with Crippen molar-refractivity contribution in [1.82, 2.24) is 4.98 Å². The van der Waals surface area contributed by atoms with Crippen molar-refractivity contribution in [3.05, 3.63) is 102 Å². The van der Waals surface area contributed by atoms with Gasteiger partial charge in [-0.15, -0.1) is 13.2 Å². The number of anilines is 1. The summed E-state index contributed by atoms with van der Waals surface area (Å²) in [6, 6.07) is 24.0. The highest BCUT2D eigenvalue weighted by atomic mass is 19.4. The monoisotopic (exact) mass is 465 g/mol. The highest BCUT2D eigenvalue weighted by Crippen LogP contribution is 2.46. The van der Waals surface area contributed by atoms with E-state index in [1.54, 1.807) is 12.1 Å². The van der Waals surface area contributed by atoms with E-state index in [-0.39, 0.29) is 5.75 Å². The molecule has 34 heavy (non-hydrogen) atoms. The Balaban J connectivity index is 0.000000291. The van der Waals surface area contributed by atoms with E-state index < -0.39 is 6.36 Å². The molecule has 0 bridgehead atoms. The number of hydrogen-bond acceptors (Lipinski definition) is 4. The molecule has 1 aliphatic carbocycles. The highest BCUT2D eigenvalue weighted by molar-refractivity contribution is 5.89. The second-order valence-corrected chi connectivity index (χ2v) is 8.12. The molecule has 0 spiro atoms. The fourth-order valence-corrected chi connectivity index (χ4v) is 3.72. The van der Waals surface area contributed by atoms with Crippen molar-refractivity contribution in [3.8, 4) is 5.75 Å². The lowest BCUT2D eigenvalue weighted by Gasteiger charge is -2.14. The van der Waals surface area contributed by atoms with Crippen LogP contribution in [0.5, 0.6) is 5.75 Å². The van der Waals surface area contributed by atoms with E-state index in [9.17, 15) is 13.2 Å². The first-order valence-electron chi connectivity index (χ1n) is 11.1. The number of benzene rings is 3. The number of pyridine rings is 1. The number of halogens is 3. The maximum Gasteiger partial charge on any atom is 0.573 e. The van der Waals surface area contributed by atoms with Crippen LogP contribution in [0, 0.1) is 0 Å². The highest BCUT2D eigenvalue weighted by Gasteiger charge is 2.31. The lowest BCUT2D eigenvalue weighted by molar-refractivity contribution is -0.274. The molecule has 1 heterocycles. The van der Waals surface area contributed by atoms with Crippen LogP contribution in [-0.4, -0.2) is 11.3 Å². The smallest absolute Gasteiger partial charge is 0.406 e. The van der Waals surface area contributed by atoms with Crippen molar-refractivity contribution < 1.29 is 17.9 Å². The number of alkyl halides is 3. The van der Waals surface area contributed by atoms with Gasteiger partial charge in [-0.25, -0.2) is 4.98 Å². The summed E-state index contributed by atoms with van der Waals surface area (Å²) in [6.45, 7) is 1.12. The van der Waals surface area contributed by atoms with Gasteiger partial charge in [0.1, 0.15) is 11.6 Å². The van der Waals surface area contributed by atoms with Crippen molar-refractivity contribution in [2.24, 2.45) is 5.73 Å². The van der Waals surface area contributed by atoms with Crippen molar-refractivity contribution in [2.45, 2.75) is 38.2 Å². The van der Waals surface area contributed by atoms with Gasteiger partial charge in [-0.05, 0) is 47.4 Å². The average Bonchev–Trinajstić information content (AvgIpc) is 3.68. The molecule has 1 fully saturated rings. The predicted octanol–water partition coefficient (Wildman–Crippen LogP) is 6.77. The Bertz CT molecular complexity index is 1210. The minimum atomic E-state index is -4.67. The molecular formula is C27H26F3N3O. The summed E-state index contributed by atoms with van der Waals surface area (Å²) in [5.74, 6) is 1.16. The zero-order valence-corrected chi connectivity index (χ0v) is 18.6. The summed E-state index contributed by atoms with van der Waals surface area (Å²) < 4.78 is 40.6. The maximum atomic E-state index is 12.2. The normalized spacial score (nSPS) is 13.2. The van der Waals surface area contributed by atoms with Gasteiger partial charge in [0, 0.05) is 30.2 Å². The Morgan fingerprint density at radius 2 is 1.56 bits per heavy atom. The van der Waals surface area contributed by atoms with Gasteiger partial charge in [-0.1, -0.05) is 66.7 Å². The molecule has 0 aliphatic heterocycles. The molecule has 0 radical (unpaired) electrons. The summed E-state index contributed by atoms with van der Waals surface area (Å²) in [4.78, 5) is 4.56. The molecule has 1 aliphatic rings. The third kappa shape index (κ3) is 6.48. The molecule has 0 atom stereocenters. The van der Waals surface area contributed by atoms with Gasteiger partial charge in [-0.2, -0.15) is 0 Å². The summed E-state index contributed by atoms with van der Waals surface area (Å²) >= 11 is 0. The first-order valence-corrected chi connectivity index (χ1v) is 11.1. The van der Waals surface area contributed by atoms with Crippen molar-refractivity contribution in [2.75, 3.05) is 5.32 Å². The third-order valence-corrected chi connectivity index (χ3v) is 5.52. The first kappa shape index (κ1) is 23.6. The standard InChI is InChI=1S/C20H17F3N2O.C7H9N/c21-20(22,23)26-16-9-5-13(6-10-16)11-24-19-18(14-7-8-14)17-4-2-1-3-15(17)12-25-19;8-6-7-4-2-1-3-5-7/h1-6,9-10,12,14H,7-8,11H2,(H,24,25);1-5H,6,8H2. The van der Waals surface area contributed by atoms with Crippen molar-refractivity contribution in [3.63, 3.8) is 0 Å². The van der Waals surface area contributed by atoms with Crippen LogP contribution < -0.4 is 15.8 Å². The second-order valence-electron chi connectivity index (χ2n) is 8.12. The molecule has 7 heteroatoms. The van der Waals surface area contributed by atoms with Gasteiger partial charge in [0.05, 0.1) is 0 Å².